The van der Waals surface area contributed by atoms with E-state index in [9.17, 15) is 4.79 Å². The molecule has 2 aliphatic rings. The summed E-state index contributed by atoms with van der Waals surface area (Å²) in [5.74, 6) is 1.93. The molecule has 0 atom stereocenters. The van der Waals surface area contributed by atoms with E-state index in [1.807, 2.05) is 84.9 Å². The smallest absolute Gasteiger partial charge is 0.193 e. The number of fused-ring (bicyclic) bond motifs is 8. The Labute approximate surface area is 336 Å². The second-order valence-electron chi connectivity index (χ2n) is 14.7. The van der Waals surface area contributed by atoms with Crippen LogP contribution in [0.2, 0.25) is 0 Å². The van der Waals surface area contributed by atoms with Gasteiger partial charge >= 0.3 is 0 Å². The number of aromatic nitrogens is 3. The van der Waals surface area contributed by atoms with Crippen molar-refractivity contribution in [3.8, 4) is 45.3 Å². The molecule has 1 aliphatic carbocycles. The Bertz CT molecular complexity index is 2890. The molecule has 0 bridgehead atoms. The molecular weight excluding hydrogens is 709 g/mol. The van der Waals surface area contributed by atoms with Gasteiger partial charge in [-0.1, -0.05) is 176 Å². The lowest BCUT2D eigenvalue weighted by molar-refractivity contribution is 0.103. The third kappa shape index (κ3) is 5.17. The van der Waals surface area contributed by atoms with Gasteiger partial charge in [-0.25, -0.2) is 15.0 Å². The number of rotatable bonds is 5. The molecular formula is C53H34N4O. The Kier molecular flexibility index (Phi) is 7.79. The van der Waals surface area contributed by atoms with Crippen LogP contribution in [0.25, 0.3) is 45.3 Å². The third-order valence-corrected chi connectivity index (χ3v) is 11.5. The predicted octanol–water partition coefficient (Wildman–Crippen LogP) is 12.2. The third-order valence-electron chi connectivity index (χ3n) is 11.5. The zero-order chi connectivity index (χ0) is 38.6. The highest BCUT2D eigenvalue weighted by Gasteiger charge is 2.51. The highest BCUT2D eigenvalue weighted by Crippen LogP contribution is 2.60. The summed E-state index contributed by atoms with van der Waals surface area (Å²) in [4.78, 5) is 31.3. The standard InChI is InChI=1S/C53H34N4O/c58-49-41-25-7-9-27-43(41)53(44-28-10-8-26-42(44)49)45-29-11-13-31-47(45)57(48-32-14-12-30-46(48)53)40-24-16-22-38(34-40)37-21-15-23-39(33-37)52-55-50(35-17-3-1-4-18-35)54-51(56-52)36-19-5-2-6-20-36/h1-34H. The molecule has 5 heteroatoms. The van der Waals surface area contributed by atoms with E-state index in [-0.39, 0.29) is 5.78 Å². The summed E-state index contributed by atoms with van der Waals surface area (Å²) in [6, 6.07) is 70.9. The van der Waals surface area contributed by atoms with Crippen molar-refractivity contribution < 1.29 is 4.79 Å². The van der Waals surface area contributed by atoms with E-state index < -0.39 is 5.41 Å². The Balaban J connectivity index is 1.06. The molecule has 2 heterocycles. The number of ketones is 1. The first-order chi connectivity index (χ1) is 28.7. The van der Waals surface area contributed by atoms with Crippen molar-refractivity contribution in [2.75, 3.05) is 4.90 Å². The van der Waals surface area contributed by atoms with Gasteiger partial charge in [0.25, 0.3) is 0 Å². The second-order valence-corrected chi connectivity index (χ2v) is 14.7. The molecule has 1 aliphatic heterocycles. The summed E-state index contributed by atoms with van der Waals surface area (Å²) in [5.41, 5.74) is 13.1. The summed E-state index contributed by atoms with van der Waals surface area (Å²) in [6.45, 7) is 0. The van der Waals surface area contributed by atoms with E-state index in [2.05, 4.69) is 126 Å². The van der Waals surface area contributed by atoms with Gasteiger partial charge in [0.1, 0.15) is 0 Å². The Hall–Kier alpha value is -7.76. The van der Waals surface area contributed by atoms with E-state index in [4.69, 9.17) is 15.0 Å². The number of hydrogen-bond acceptors (Lipinski definition) is 5. The van der Waals surface area contributed by atoms with E-state index in [1.54, 1.807) is 0 Å². The molecule has 0 saturated heterocycles. The monoisotopic (exact) mass is 742 g/mol. The molecule has 0 unspecified atom stereocenters. The van der Waals surface area contributed by atoms with Gasteiger partial charge in [0.05, 0.1) is 16.8 Å². The topological polar surface area (TPSA) is 59.0 Å². The summed E-state index contributed by atoms with van der Waals surface area (Å²) in [6.07, 6.45) is 0. The van der Waals surface area contributed by atoms with Gasteiger partial charge in [0.2, 0.25) is 0 Å². The fourth-order valence-electron chi connectivity index (χ4n) is 9.01. The van der Waals surface area contributed by atoms with Crippen LogP contribution in [0.4, 0.5) is 17.1 Å². The summed E-state index contributed by atoms with van der Waals surface area (Å²) in [7, 11) is 0. The minimum Gasteiger partial charge on any atom is -0.310 e. The van der Waals surface area contributed by atoms with Crippen LogP contribution in [0.1, 0.15) is 38.2 Å². The highest BCUT2D eigenvalue weighted by molar-refractivity contribution is 6.14. The van der Waals surface area contributed by atoms with Crippen LogP contribution < -0.4 is 4.90 Å². The molecule has 11 rings (SSSR count). The predicted molar refractivity (Wildman–Crippen MR) is 232 cm³/mol. The van der Waals surface area contributed by atoms with Crippen LogP contribution in [0.5, 0.6) is 0 Å². The first-order valence-electron chi connectivity index (χ1n) is 19.5. The molecule has 0 fully saturated rings. The number of para-hydroxylation sites is 2. The normalized spacial score (nSPS) is 13.3. The van der Waals surface area contributed by atoms with Gasteiger partial charge < -0.3 is 4.90 Å². The van der Waals surface area contributed by atoms with Crippen molar-refractivity contribution in [3.63, 3.8) is 0 Å². The number of nitrogens with zero attached hydrogens (tertiary/aromatic N) is 4. The van der Waals surface area contributed by atoms with Crippen molar-refractivity contribution in [3.05, 3.63) is 240 Å². The molecule has 1 spiro atoms. The summed E-state index contributed by atoms with van der Waals surface area (Å²) >= 11 is 0. The average Bonchev–Trinajstić information content (AvgIpc) is 3.31. The summed E-state index contributed by atoms with van der Waals surface area (Å²) < 4.78 is 0. The van der Waals surface area contributed by atoms with E-state index in [0.29, 0.717) is 17.5 Å². The molecule has 272 valence electrons. The maximum absolute atomic E-state index is 14.1. The largest absolute Gasteiger partial charge is 0.310 e. The van der Waals surface area contributed by atoms with Crippen LogP contribution in [-0.4, -0.2) is 20.7 Å². The van der Waals surface area contributed by atoms with Crippen LogP contribution in [0.3, 0.4) is 0 Å². The van der Waals surface area contributed by atoms with Crippen molar-refractivity contribution >= 4 is 22.8 Å². The lowest BCUT2D eigenvalue weighted by Gasteiger charge is -2.48. The SMILES string of the molecule is O=C1c2ccccc2C2(c3ccccc31)c1ccccc1N(c1cccc(-c3cccc(-c4nc(-c5ccccc5)nc(-c5ccccc5)n4)c3)c1)c1ccccc12. The molecule has 0 amide bonds. The van der Waals surface area contributed by atoms with Crippen LogP contribution in [0, 0.1) is 0 Å². The van der Waals surface area contributed by atoms with E-state index >= 15 is 0 Å². The van der Waals surface area contributed by atoms with Crippen LogP contribution in [0.15, 0.2) is 206 Å². The number of anilines is 3. The number of hydrogen-bond donors (Lipinski definition) is 0. The summed E-state index contributed by atoms with van der Waals surface area (Å²) in [5, 5.41) is 0. The van der Waals surface area contributed by atoms with Crippen molar-refractivity contribution in [1.29, 1.82) is 0 Å². The van der Waals surface area contributed by atoms with Crippen molar-refractivity contribution in [1.82, 2.24) is 15.0 Å². The fraction of sp³-hybridized carbons (Fsp3) is 0.0189. The first kappa shape index (κ1) is 33.6. The maximum Gasteiger partial charge on any atom is 0.193 e. The zero-order valence-electron chi connectivity index (χ0n) is 31.3. The molecule has 0 saturated carbocycles. The van der Waals surface area contributed by atoms with E-state index in [1.165, 1.54) is 0 Å². The molecule has 0 radical (unpaired) electrons. The van der Waals surface area contributed by atoms with Gasteiger partial charge in [0.15, 0.2) is 23.3 Å². The number of benzene rings is 8. The van der Waals surface area contributed by atoms with Crippen molar-refractivity contribution in [2.45, 2.75) is 5.41 Å². The number of carbonyl (C=O) groups excluding carboxylic acids is 1. The lowest BCUT2D eigenvalue weighted by atomic mass is 9.57. The minimum atomic E-state index is -0.696. The molecule has 58 heavy (non-hydrogen) atoms. The molecule has 0 N–H and O–H groups in total. The number of carbonyl (C=O) groups is 1. The Morgan fingerprint density at radius 2 is 0.741 bits per heavy atom. The van der Waals surface area contributed by atoms with Crippen molar-refractivity contribution in [2.24, 2.45) is 0 Å². The maximum atomic E-state index is 14.1. The van der Waals surface area contributed by atoms with Gasteiger partial charge in [-0.2, -0.15) is 0 Å². The zero-order valence-corrected chi connectivity index (χ0v) is 31.3. The second kappa shape index (κ2) is 13.5. The van der Waals surface area contributed by atoms with Gasteiger partial charge in [-0.15, -0.1) is 0 Å². The van der Waals surface area contributed by atoms with Gasteiger partial charge in [-0.3, -0.25) is 4.79 Å². The highest BCUT2D eigenvalue weighted by atomic mass is 16.1. The minimum absolute atomic E-state index is 0.0638. The van der Waals surface area contributed by atoms with Crippen LogP contribution >= 0.6 is 0 Å². The fourth-order valence-corrected chi connectivity index (χ4v) is 9.01. The lowest BCUT2D eigenvalue weighted by Crippen LogP contribution is -2.42. The molecule has 8 aromatic carbocycles. The Morgan fingerprint density at radius 3 is 1.29 bits per heavy atom. The first-order valence-corrected chi connectivity index (χ1v) is 19.5. The molecule has 1 aromatic heterocycles. The quantitative estimate of drug-likeness (QED) is 0.176. The van der Waals surface area contributed by atoms with E-state index in [0.717, 1.165) is 78.3 Å². The average molecular weight is 743 g/mol. The molecule has 5 nitrogen and oxygen atoms in total. The van der Waals surface area contributed by atoms with Gasteiger partial charge in [0, 0.05) is 33.5 Å². The van der Waals surface area contributed by atoms with Gasteiger partial charge in [-0.05, 0) is 63.7 Å². The molecule has 9 aromatic rings. The Morgan fingerprint density at radius 1 is 0.345 bits per heavy atom. The van der Waals surface area contributed by atoms with Crippen LogP contribution in [-0.2, 0) is 5.41 Å².